The quantitative estimate of drug-likeness (QED) is 0.507. The van der Waals surface area contributed by atoms with Crippen molar-refractivity contribution in [2.24, 2.45) is 0 Å². The number of rotatable bonds is 6. The number of hydrogen-bond acceptors (Lipinski definition) is 6. The summed E-state index contributed by atoms with van der Waals surface area (Å²) in [4.78, 5) is 30.3. The molecule has 2 saturated heterocycles. The highest BCUT2D eigenvalue weighted by molar-refractivity contribution is 8.26. The maximum Gasteiger partial charge on any atom is 0.270 e. The molecule has 1 amide bonds. The van der Waals surface area contributed by atoms with Gasteiger partial charge >= 0.3 is 0 Å². The molecule has 6 nitrogen and oxygen atoms in total. The minimum Gasteiger partial charge on any atom is -0.357 e. The van der Waals surface area contributed by atoms with Gasteiger partial charge in [-0.15, -0.1) is 0 Å². The Labute approximate surface area is 181 Å². The summed E-state index contributed by atoms with van der Waals surface area (Å²) in [6.45, 7) is 8.60. The van der Waals surface area contributed by atoms with E-state index in [-0.39, 0.29) is 17.0 Å². The van der Waals surface area contributed by atoms with Crippen LogP contribution >= 0.6 is 24.0 Å². The lowest BCUT2D eigenvalue weighted by atomic mass is 10.0. The van der Waals surface area contributed by atoms with Crippen LogP contribution in [0.15, 0.2) is 9.70 Å². The number of anilines is 1. The molecule has 2 aliphatic rings. The summed E-state index contributed by atoms with van der Waals surface area (Å²) < 4.78 is 2.24. The van der Waals surface area contributed by atoms with Gasteiger partial charge < -0.3 is 4.90 Å². The first kappa shape index (κ1) is 21.6. The van der Waals surface area contributed by atoms with Crippen molar-refractivity contribution in [2.45, 2.75) is 53.0 Å². The smallest absolute Gasteiger partial charge is 0.270 e. The molecule has 0 aliphatic carbocycles. The van der Waals surface area contributed by atoms with E-state index < -0.39 is 0 Å². The van der Waals surface area contributed by atoms with E-state index in [0.29, 0.717) is 27.9 Å². The lowest BCUT2D eigenvalue weighted by Gasteiger charge is -2.26. The molecule has 0 radical (unpaired) electrons. The third-order valence-corrected chi connectivity index (χ3v) is 6.83. The average Bonchev–Trinajstić information content (AvgIpc) is 3.31. The molecular formula is C21H26N4O2S2. The van der Waals surface area contributed by atoms with Gasteiger partial charge in [-0.2, -0.15) is 5.26 Å². The molecule has 0 spiro atoms. The van der Waals surface area contributed by atoms with E-state index in [2.05, 4.69) is 17.9 Å². The molecule has 0 unspecified atom stereocenters. The number of nitriles is 1. The number of carbonyl (C=O) groups is 1. The zero-order valence-corrected chi connectivity index (χ0v) is 18.8. The number of unbranched alkanes of at least 4 members (excludes halogenated alkanes) is 1. The van der Waals surface area contributed by atoms with Crippen LogP contribution in [0, 0.1) is 18.3 Å². The Kier molecular flexibility index (Phi) is 6.81. The van der Waals surface area contributed by atoms with E-state index in [1.165, 1.54) is 11.8 Å². The van der Waals surface area contributed by atoms with Crippen LogP contribution in [-0.2, 0) is 11.3 Å². The molecule has 0 aromatic carbocycles. The second-order valence-corrected chi connectivity index (χ2v) is 8.96. The highest BCUT2D eigenvalue weighted by atomic mass is 32.2. The number of amides is 1. The lowest BCUT2D eigenvalue weighted by Crippen LogP contribution is -2.33. The van der Waals surface area contributed by atoms with Crippen LogP contribution in [0.1, 0.15) is 56.2 Å². The van der Waals surface area contributed by atoms with E-state index in [4.69, 9.17) is 12.2 Å². The Morgan fingerprint density at radius 3 is 2.52 bits per heavy atom. The van der Waals surface area contributed by atoms with Crippen molar-refractivity contribution < 1.29 is 4.79 Å². The molecule has 154 valence electrons. The van der Waals surface area contributed by atoms with Gasteiger partial charge in [0.1, 0.15) is 21.8 Å². The van der Waals surface area contributed by atoms with Gasteiger partial charge in [-0.25, -0.2) is 0 Å². The summed E-state index contributed by atoms with van der Waals surface area (Å²) >= 11 is 6.72. The van der Waals surface area contributed by atoms with Gasteiger partial charge in [0.05, 0.1) is 4.91 Å². The van der Waals surface area contributed by atoms with Crippen molar-refractivity contribution in [1.29, 1.82) is 5.26 Å². The largest absolute Gasteiger partial charge is 0.357 e. The van der Waals surface area contributed by atoms with Gasteiger partial charge in [0.15, 0.2) is 0 Å². The summed E-state index contributed by atoms with van der Waals surface area (Å²) in [7, 11) is 0. The SMILES string of the molecule is CCCCN1C(=O)/C(=C\c2c(C)c(C#N)c(=O)n(CC)c2N2CCCC2)SC1=S. The molecule has 3 rings (SSSR count). The van der Waals surface area contributed by atoms with E-state index in [9.17, 15) is 14.9 Å². The maximum atomic E-state index is 12.9. The number of nitrogens with zero attached hydrogens (tertiary/aromatic N) is 4. The second kappa shape index (κ2) is 9.14. The molecule has 0 bridgehead atoms. The Morgan fingerprint density at radius 2 is 1.93 bits per heavy atom. The predicted octanol–water partition coefficient (Wildman–Crippen LogP) is 3.65. The first-order chi connectivity index (χ1) is 13.9. The highest BCUT2D eigenvalue weighted by Crippen LogP contribution is 2.36. The number of thioether (sulfide) groups is 1. The van der Waals surface area contributed by atoms with E-state index in [0.717, 1.165) is 50.2 Å². The van der Waals surface area contributed by atoms with Gasteiger partial charge in [-0.1, -0.05) is 37.3 Å². The minimum absolute atomic E-state index is 0.0898. The van der Waals surface area contributed by atoms with E-state index >= 15 is 0 Å². The molecule has 8 heteroatoms. The molecule has 2 fully saturated rings. The van der Waals surface area contributed by atoms with Gasteiger partial charge in [0, 0.05) is 31.7 Å². The van der Waals surface area contributed by atoms with Crippen LogP contribution in [-0.4, -0.2) is 39.3 Å². The number of hydrogen-bond donors (Lipinski definition) is 0. The molecule has 3 heterocycles. The first-order valence-corrected chi connectivity index (χ1v) is 11.3. The Hall–Kier alpha value is -2.11. The topological polar surface area (TPSA) is 69.3 Å². The summed E-state index contributed by atoms with van der Waals surface area (Å²) in [6.07, 6.45) is 5.85. The van der Waals surface area contributed by atoms with Crippen molar-refractivity contribution in [3.05, 3.63) is 31.9 Å². The summed E-state index contributed by atoms with van der Waals surface area (Å²) in [5.74, 6) is 0.721. The molecule has 1 aromatic rings. The van der Waals surface area contributed by atoms with Gasteiger partial charge in [0.2, 0.25) is 0 Å². The van der Waals surface area contributed by atoms with Crippen LogP contribution in [0.2, 0.25) is 0 Å². The number of aromatic nitrogens is 1. The monoisotopic (exact) mass is 430 g/mol. The average molecular weight is 431 g/mol. The number of pyridine rings is 1. The summed E-state index contributed by atoms with van der Waals surface area (Å²) in [6, 6.07) is 2.07. The molecule has 0 atom stereocenters. The van der Waals surface area contributed by atoms with Gasteiger partial charge in [0.25, 0.3) is 11.5 Å². The Balaban J connectivity index is 2.17. The van der Waals surface area contributed by atoms with Crippen molar-refractivity contribution in [1.82, 2.24) is 9.47 Å². The van der Waals surface area contributed by atoms with Crippen LogP contribution in [0.5, 0.6) is 0 Å². The van der Waals surface area contributed by atoms with Crippen LogP contribution in [0.4, 0.5) is 5.82 Å². The summed E-state index contributed by atoms with van der Waals surface area (Å²) in [5.41, 5.74) is 1.29. The Morgan fingerprint density at radius 1 is 1.24 bits per heavy atom. The maximum absolute atomic E-state index is 12.9. The molecule has 29 heavy (non-hydrogen) atoms. The third-order valence-electron chi connectivity index (χ3n) is 5.45. The van der Waals surface area contributed by atoms with Crippen molar-refractivity contribution >= 4 is 46.1 Å². The first-order valence-electron chi connectivity index (χ1n) is 10.1. The zero-order valence-electron chi connectivity index (χ0n) is 17.2. The fourth-order valence-corrected chi connectivity index (χ4v) is 5.14. The number of thiocarbonyl (C=S) groups is 1. The van der Waals surface area contributed by atoms with Gasteiger partial charge in [-0.3, -0.25) is 19.1 Å². The Bertz CT molecular complexity index is 968. The van der Waals surface area contributed by atoms with Crippen molar-refractivity contribution in [2.75, 3.05) is 24.5 Å². The number of carbonyl (C=O) groups excluding carboxylic acids is 1. The lowest BCUT2D eigenvalue weighted by molar-refractivity contribution is -0.122. The van der Waals surface area contributed by atoms with Crippen molar-refractivity contribution in [3.63, 3.8) is 0 Å². The predicted molar refractivity (Wildman–Crippen MR) is 122 cm³/mol. The summed E-state index contributed by atoms with van der Waals surface area (Å²) in [5, 5.41) is 9.60. The fourth-order valence-electron chi connectivity index (χ4n) is 3.85. The molecule has 0 saturated carbocycles. The minimum atomic E-state index is -0.262. The molecule has 1 aromatic heterocycles. The van der Waals surface area contributed by atoms with Crippen LogP contribution in [0.25, 0.3) is 6.08 Å². The fraction of sp³-hybridized carbons (Fsp3) is 0.524. The normalized spacial score (nSPS) is 18.2. The molecular weight excluding hydrogens is 404 g/mol. The second-order valence-electron chi connectivity index (χ2n) is 7.28. The molecule has 2 aliphatic heterocycles. The third kappa shape index (κ3) is 3.99. The van der Waals surface area contributed by atoms with Crippen LogP contribution < -0.4 is 10.5 Å². The highest BCUT2D eigenvalue weighted by Gasteiger charge is 2.33. The van der Waals surface area contributed by atoms with E-state index in [1.807, 2.05) is 13.0 Å². The molecule has 0 N–H and O–H groups in total. The van der Waals surface area contributed by atoms with Crippen molar-refractivity contribution in [3.8, 4) is 6.07 Å². The standard InChI is InChI=1S/C21H26N4O2S2/c1-4-6-11-25-20(27)17(29-21(25)28)12-15-14(3)16(13-22)19(26)24(5-2)18(15)23-9-7-8-10-23/h12H,4-11H2,1-3H3/b17-12+. The van der Waals surface area contributed by atoms with E-state index in [1.54, 1.807) is 16.4 Å². The zero-order chi connectivity index (χ0) is 21.1. The van der Waals surface area contributed by atoms with Crippen LogP contribution in [0.3, 0.4) is 0 Å². The van der Waals surface area contributed by atoms with Gasteiger partial charge in [-0.05, 0) is 44.7 Å².